The average Bonchev–Trinajstić information content (AvgIpc) is 2.76. The fourth-order valence-electron chi connectivity index (χ4n) is 1.53. The van der Waals surface area contributed by atoms with Crippen molar-refractivity contribution in [2.45, 2.75) is 6.54 Å². The Hall–Kier alpha value is -1.17. The van der Waals surface area contributed by atoms with Gasteiger partial charge < -0.3 is 15.0 Å². The summed E-state index contributed by atoms with van der Waals surface area (Å²) in [6, 6.07) is 3.82. The molecule has 0 saturated carbocycles. The zero-order valence-corrected chi connectivity index (χ0v) is 9.70. The van der Waals surface area contributed by atoms with Crippen molar-refractivity contribution < 1.29 is 4.74 Å². The average molecular weight is 238 g/mol. The molecule has 5 heteroatoms. The van der Waals surface area contributed by atoms with Crippen molar-refractivity contribution in [1.29, 1.82) is 0 Å². The van der Waals surface area contributed by atoms with E-state index in [1.807, 2.05) is 23.7 Å². The first-order chi connectivity index (χ1) is 7.83. The summed E-state index contributed by atoms with van der Waals surface area (Å²) >= 11 is 1.58. The van der Waals surface area contributed by atoms with E-state index in [9.17, 15) is 4.79 Å². The molecule has 0 fully saturated rings. The lowest BCUT2D eigenvalue weighted by molar-refractivity contribution is 0.132. The fourth-order valence-corrected chi connectivity index (χ4v) is 2.30. The van der Waals surface area contributed by atoms with E-state index in [4.69, 9.17) is 10.5 Å². The van der Waals surface area contributed by atoms with E-state index in [-0.39, 0.29) is 5.56 Å². The zero-order valence-electron chi connectivity index (χ0n) is 8.89. The summed E-state index contributed by atoms with van der Waals surface area (Å²) in [7, 11) is 0. The van der Waals surface area contributed by atoms with Crippen molar-refractivity contribution in [1.82, 2.24) is 4.57 Å². The molecule has 2 rings (SSSR count). The van der Waals surface area contributed by atoms with Gasteiger partial charge in [-0.15, -0.1) is 11.3 Å². The fraction of sp³-hybridized carbons (Fsp3) is 0.364. The third-order valence-corrected chi connectivity index (χ3v) is 3.21. The predicted octanol–water partition coefficient (Wildman–Crippen LogP) is 1.04. The molecule has 0 aliphatic heterocycles. The summed E-state index contributed by atoms with van der Waals surface area (Å²) in [4.78, 5) is 11.9. The van der Waals surface area contributed by atoms with Crippen LogP contribution in [0, 0.1) is 0 Å². The van der Waals surface area contributed by atoms with E-state index in [1.165, 1.54) is 0 Å². The third-order valence-electron chi connectivity index (χ3n) is 2.33. The van der Waals surface area contributed by atoms with Crippen LogP contribution in [-0.2, 0) is 11.3 Å². The molecule has 0 aromatic carbocycles. The molecule has 2 aromatic heterocycles. The molecular weight excluding hydrogens is 224 g/mol. The van der Waals surface area contributed by atoms with Crippen molar-refractivity contribution in [3.63, 3.8) is 0 Å². The Morgan fingerprint density at radius 2 is 2.25 bits per heavy atom. The van der Waals surface area contributed by atoms with Gasteiger partial charge in [-0.05, 0) is 17.5 Å². The van der Waals surface area contributed by atoms with Crippen LogP contribution in [-0.4, -0.2) is 24.3 Å². The number of rotatable bonds is 5. The van der Waals surface area contributed by atoms with Crippen LogP contribution >= 0.6 is 11.3 Å². The molecule has 16 heavy (non-hydrogen) atoms. The van der Waals surface area contributed by atoms with Crippen LogP contribution in [0.25, 0.3) is 10.1 Å². The van der Waals surface area contributed by atoms with Crippen LogP contribution in [0.15, 0.2) is 28.5 Å². The van der Waals surface area contributed by atoms with Gasteiger partial charge in [0.05, 0.1) is 18.6 Å². The second-order valence-corrected chi connectivity index (χ2v) is 4.36. The van der Waals surface area contributed by atoms with Crippen LogP contribution in [0.4, 0.5) is 0 Å². The van der Waals surface area contributed by atoms with Gasteiger partial charge in [-0.25, -0.2) is 0 Å². The van der Waals surface area contributed by atoms with E-state index in [1.54, 1.807) is 15.9 Å². The lowest BCUT2D eigenvalue weighted by Gasteiger charge is -2.06. The van der Waals surface area contributed by atoms with Gasteiger partial charge >= 0.3 is 0 Å². The van der Waals surface area contributed by atoms with E-state index in [2.05, 4.69) is 0 Å². The second-order valence-electron chi connectivity index (χ2n) is 3.41. The van der Waals surface area contributed by atoms with Crippen molar-refractivity contribution in [3.05, 3.63) is 34.1 Å². The van der Waals surface area contributed by atoms with Gasteiger partial charge in [-0.1, -0.05) is 0 Å². The van der Waals surface area contributed by atoms with E-state index in [0.29, 0.717) is 26.3 Å². The number of thiophene rings is 1. The normalized spacial score (nSPS) is 11.1. The van der Waals surface area contributed by atoms with E-state index in [0.717, 1.165) is 10.1 Å². The van der Waals surface area contributed by atoms with Crippen LogP contribution in [0.1, 0.15) is 0 Å². The molecule has 0 bridgehead atoms. The Bertz CT molecular complexity index is 518. The largest absolute Gasteiger partial charge is 0.378 e. The zero-order chi connectivity index (χ0) is 11.4. The molecule has 0 amide bonds. The molecule has 86 valence electrons. The van der Waals surface area contributed by atoms with Crippen LogP contribution in [0.5, 0.6) is 0 Å². The van der Waals surface area contributed by atoms with Gasteiger partial charge in [-0.2, -0.15) is 0 Å². The summed E-state index contributed by atoms with van der Waals surface area (Å²) in [5.74, 6) is 0. The Morgan fingerprint density at radius 1 is 1.38 bits per heavy atom. The highest BCUT2D eigenvalue weighted by molar-refractivity contribution is 7.17. The summed E-state index contributed by atoms with van der Waals surface area (Å²) in [5, 5.41) is 2.72. The maximum Gasteiger partial charge on any atom is 0.259 e. The van der Waals surface area contributed by atoms with Gasteiger partial charge in [-0.3, -0.25) is 4.79 Å². The maximum absolute atomic E-state index is 11.9. The summed E-state index contributed by atoms with van der Waals surface area (Å²) in [5.41, 5.74) is 5.36. The number of nitrogens with zero attached hydrogens (tertiary/aromatic N) is 1. The molecule has 0 aliphatic rings. The Labute approximate surface area is 97.3 Å². The van der Waals surface area contributed by atoms with Crippen LogP contribution in [0.2, 0.25) is 0 Å². The standard InChI is InChI=1S/C11H14N2O2S/c12-3-6-15-7-5-13-4-1-10-9(11(13)14)2-8-16-10/h1-2,4,8H,3,5-7,12H2. The molecule has 0 aliphatic carbocycles. The maximum atomic E-state index is 11.9. The van der Waals surface area contributed by atoms with Crippen molar-refractivity contribution in [3.8, 4) is 0 Å². The lowest BCUT2D eigenvalue weighted by atomic mass is 10.3. The third kappa shape index (κ3) is 2.32. The van der Waals surface area contributed by atoms with Crippen molar-refractivity contribution in [2.24, 2.45) is 5.73 Å². The summed E-state index contributed by atoms with van der Waals surface area (Å²) < 4.78 is 7.96. The Kier molecular flexibility index (Phi) is 3.71. The topological polar surface area (TPSA) is 57.2 Å². The minimum Gasteiger partial charge on any atom is -0.378 e. The molecule has 0 spiro atoms. The van der Waals surface area contributed by atoms with Crippen LogP contribution in [0.3, 0.4) is 0 Å². The van der Waals surface area contributed by atoms with Gasteiger partial charge in [0, 0.05) is 24.0 Å². The minimum absolute atomic E-state index is 0.0510. The highest BCUT2D eigenvalue weighted by Crippen LogP contribution is 2.15. The first kappa shape index (κ1) is 11.3. The molecule has 2 N–H and O–H groups in total. The first-order valence-corrected chi connectivity index (χ1v) is 6.05. The smallest absolute Gasteiger partial charge is 0.259 e. The van der Waals surface area contributed by atoms with Crippen molar-refractivity contribution >= 4 is 21.4 Å². The molecule has 2 heterocycles. The van der Waals surface area contributed by atoms with E-state index >= 15 is 0 Å². The highest BCUT2D eigenvalue weighted by atomic mass is 32.1. The minimum atomic E-state index is 0.0510. The number of fused-ring (bicyclic) bond motifs is 1. The lowest BCUT2D eigenvalue weighted by Crippen LogP contribution is -2.22. The molecule has 4 nitrogen and oxygen atoms in total. The SMILES string of the molecule is NCCOCCn1ccc2sccc2c1=O. The van der Waals surface area contributed by atoms with Gasteiger partial charge in [0.15, 0.2) is 0 Å². The molecule has 0 saturated heterocycles. The molecule has 0 unspecified atom stereocenters. The van der Waals surface area contributed by atoms with Crippen molar-refractivity contribution in [2.75, 3.05) is 19.8 Å². The second kappa shape index (κ2) is 5.25. The first-order valence-electron chi connectivity index (χ1n) is 5.17. The van der Waals surface area contributed by atoms with Gasteiger partial charge in [0.2, 0.25) is 0 Å². The number of nitrogens with two attached hydrogens (primary N) is 1. The van der Waals surface area contributed by atoms with Gasteiger partial charge in [0.25, 0.3) is 5.56 Å². The van der Waals surface area contributed by atoms with E-state index < -0.39 is 0 Å². The number of hydrogen-bond donors (Lipinski definition) is 1. The Balaban J connectivity index is 2.12. The molecule has 0 radical (unpaired) electrons. The number of ether oxygens (including phenoxy) is 1. The molecule has 2 aromatic rings. The number of aromatic nitrogens is 1. The van der Waals surface area contributed by atoms with Crippen LogP contribution < -0.4 is 11.3 Å². The summed E-state index contributed by atoms with van der Waals surface area (Å²) in [6.45, 7) is 2.14. The Morgan fingerprint density at radius 3 is 3.06 bits per heavy atom. The number of pyridine rings is 1. The molecular formula is C11H14N2O2S. The monoisotopic (exact) mass is 238 g/mol. The number of hydrogen-bond acceptors (Lipinski definition) is 4. The summed E-state index contributed by atoms with van der Waals surface area (Å²) in [6.07, 6.45) is 1.81. The highest BCUT2D eigenvalue weighted by Gasteiger charge is 2.02. The molecule has 0 atom stereocenters. The van der Waals surface area contributed by atoms with Gasteiger partial charge in [0.1, 0.15) is 0 Å². The quantitative estimate of drug-likeness (QED) is 0.792. The predicted molar refractivity (Wildman–Crippen MR) is 66.0 cm³/mol.